The molecule has 2 atom stereocenters. The lowest BCUT2D eigenvalue weighted by Gasteiger charge is -2.55. The zero-order chi connectivity index (χ0) is 14.2. The van der Waals surface area contributed by atoms with Gasteiger partial charge in [-0.1, -0.05) is 47.3 Å². The maximum Gasteiger partial charge on any atom is 0.310 e. The van der Waals surface area contributed by atoms with Crippen LogP contribution in [-0.4, -0.2) is 15.9 Å². The van der Waals surface area contributed by atoms with Crippen molar-refractivity contribution in [1.82, 2.24) is 0 Å². The van der Waals surface area contributed by atoms with Crippen molar-refractivity contribution in [2.45, 2.75) is 49.5 Å². The minimum absolute atomic E-state index is 0.0662. The van der Waals surface area contributed by atoms with Gasteiger partial charge in [-0.25, -0.2) is 0 Å². The highest BCUT2D eigenvalue weighted by Gasteiger charge is 2.55. The Balaban J connectivity index is 1.80. The first-order valence-electron chi connectivity index (χ1n) is 7.18. The zero-order valence-electron chi connectivity index (χ0n) is 11.3. The van der Waals surface area contributed by atoms with Crippen LogP contribution in [0.5, 0.6) is 5.75 Å². The fourth-order valence-corrected chi connectivity index (χ4v) is 4.66. The molecule has 0 N–H and O–H groups in total. The van der Waals surface area contributed by atoms with Crippen LogP contribution >= 0.6 is 15.9 Å². The number of ether oxygens (including phenoxy) is 1. The van der Waals surface area contributed by atoms with Crippen LogP contribution in [0.2, 0.25) is 0 Å². The minimum atomic E-state index is -0.368. The largest absolute Gasteiger partial charge is 0.483 e. The van der Waals surface area contributed by atoms with Gasteiger partial charge in [0, 0.05) is 16.3 Å². The summed E-state index contributed by atoms with van der Waals surface area (Å²) in [6.45, 7) is 0. The molecule has 108 valence electrons. The Hall–Kier alpha value is -1.10. The second-order valence-electron chi connectivity index (χ2n) is 5.83. The number of nitrogens with zero attached hydrogens (tertiary/aromatic N) is 1. The summed E-state index contributed by atoms with van der Waals surface area (Å²) in [6, 6.07) is 6.68. The highest BCUT2D eigenvalue weighted by Crippen LogP contribution is 2.56. The van der Waals surface area contributed by atoms with E-state index in [0.29, 0.717) is 10.6 Å². The summed E-state index contributed by atoms with van der Waals surface area (Å²) in [5.74, 6) is 0.409. The molecule has 2 saturated carbocycles. The summed E-state index contributed by atoms with van der Waals surface area (Å²) in [6.07, 6.45) is 7.12. The van der Waals surface area contributed by atoms with E-state index < -0.39 is 0 Å². The van der Waals surface area contributed by atoms with E-state index in [4.69, 9.17) is 4.74 Å². The highest BCUT2D eigenvalue weighted by molar-refractivity contribution is 9.09. The van der Waals surface area contributed by atoms with Crippen LogP contribution in [0.3, 0.4) is 0 Å². The predicted molar refractivity (Wildman–Crippen MR) is 80.4 cm³/mol. The van der Waals surface area contributed by atoms with E-state index >= 15 is 0 Å². The van der Waals surface area contributed by atoms with Crippen molar-refractivity contribution >= 4 is 21.6 Å². The van der Waals surface area contributed by atoms with Crippen molar-refractivity contribution in [2.75, 3.05) is 0 Å². The fourth-order valence-electron chi connectivity index (χ4n) is 3.57. The molecule has 0 aromatic heterocycles. The van der Waals surface area contributed by atoms with Gasteiger partial charge >= 0.3 is 5.69 Å². The highest BCUT2D eigenvalue weighted by atomic mass is 79.9. The lowest BCUT2D eigenvalue weighted by Crippen LogP contribution is -2.57. The number of hydrogen-bond acceptors (Lipinski definition) is 3. The van der Waals surface area contributed by atoms with Crippen LogP contribution in [0, 0.1) is 15.5 Å². The number of nitro groups is 1. The number of alkyl halides is 1. The second kappa shape index (κ2) is 5.35. The lowest BCUT2D eigenvalue weighted by molar-refractivity contribution is -0.386. The van der Waals surface area contributed by atoms with Gasteiger partial charge in [-0.3, -0.25) is 10.1 Å². The molecular formula is C15H18BrNO3. The van der Waals surface area contributed by atoms with E-state index in [1.807, 2.05) is 0 Å². The molecule has 0 aliphatic heterocycles. The van der Waals surface area contributed by atoms with Crippen molar-refractivity contribution in [3.8, 4) is 5.75 Å². The number of benzene rings is 1. The molecule has 2 unspecified atom stereocenters. The van der Waals surface area contributed by atoms with E-state index in [1.54, 1.807) is 18.2 Å². The molecule has 2 aliphatic rings. The molecule has 0 amide bonds. The summed E-state index contributed by atoms with van der Waals surface area (Å²) < 4.78 is 6.03. The Labute approximate surface area is 126 Å². The third-order valence-electron chi connectivity index (χ3n) is 4.80. The van der Waals surface area contributed by atoms with Crippen LogP contribution in [0.25, 0.3) is 0 Å². The van der Waals surface area contributed by atoms with Gasteiger partial charge in [-0.05, 0) is 25.3 Å². The van der Waals surface area contributed by atoms with Crippen LogP contribution in [0.1, 0.15) is 38.5 Å². The number of halogens is 1. The number of rotatable bonds is 3. The van der Waals surface area contributed by atoms with Crippen molar-refractivity contribution < 1.29 is 9.66 Å². The molecule has 0 saturated heterocycles. The third-order valence-corrected chi connectivity index (χ3v) is 6.09. The Morgan fingerprint density at radius 3 is 2.60 bits per heavy atom. The van der Waals surface area contributed by atoms with Gasteiger partial charge in [0.15, 0.2) is 5.75 Å². The molecule has 0 radical (unpaired) electrons. The molecule has 4 nitrogen and oxygen atoms in total. The summed E-state index contributed by atoms with van der Waals surface area (Å²) in [4.78, 5) is 11.2. The fraction of sp³-hybridized carbons (Fsp3) is 0.600. The molecule has 3 rings (SSSR count). The molecule has 1 aromatic carbocycles. The molecule has 1 aromatic rings. The van der Waals surface area contributed by atoms with E-state index in [9.17, 15) is 10.1 Å². The number of nitro benzene ring substituents is 1. The SMILES string of the molecule is O=[N+]([O-])c1ccccc1OC1CC(Br)C12CCCCC2. The smallest absolute Gasteiger partial charge is 0.310 e. The minimum Gasteiger partial charge on any atom is -0.483 e. The first-order chi connectivity index (χ1) is 9.63. The first kappa shape index (κ1) is 13.9. The van der Waals surface area contributed by atoms with Crippen LogP contribution in [-0.2, 0) is 0 Å². The van der Waals surface area contributed by atoms with Gasteiger partial charge in [0.25, 0.3) is 0 Å². The Morgan fingerprint density at radius 1 is 1.25 bits per heavy atom. The van der Waals surface area contributed by atoms with E-state index in [-0.39, 0.29) is 22.1 Å². The van der Waals surface area contributed by atoms with Gasteiger partial charge in [-0.15, -0.1) is 0 Å². The van der Waals surface area contributed by atoms with E-state index in [1.165, 1.54) is 25.3 Å². The summed E-state index contributed by atoms with van der Waals surface area (Å²) in [5.41, 5.74) is 0.249. The average molecular weight is 340 g/mol. The third kappa shape index (κ3) is 2.22. The van der Waals surface area contributed by atoms with Crippen LogP contribution < -0.4 is 4.74 Å². The first-order valence-corrected chi connectivity index (χ1v) is 8.09. The van der Waals surface area contributed by atoms with Gasteiger partial charge < -0.3 is 4.74 Å². The summed E-state index contributed by atoms with van der Waals surface area (Å²) in [5, 5.41) is 11.1. The lowest BCUT2D eigenvalue weighted by atomic mass is 9.58. The molecule has 20 heavy (non-hydrogen) atoms. The van der Waals surface area contributed by atoms with Crippen molar-refractivity contribution in [1.29, 1.82) is 0 Å². The Bertz CT molecular complexity index is 514. The van der Waals surface area contributed by atoms with Crippen molar-refractivity contribution in [3.63, 3.8) is 0 Å². The van der Waals surface area contributed by atoms with Gasteiger partial charge in [0.2, 0.25) is 0 Å². The second-order valence-corrected chi connectivity index (χ2v) is 6.93. The summed E-state index contributed by atoms with van der Waals surface area (Å²) in [7, 11) is 0. The molecular weight excluding hydrogens is 322 g/mol. The van der Waals surface area contributed by atoms with Gasteiger partial charge in [0.05, 0.1) is 4.92 Å². The molecule has 1 spiro atoms. The quantitative estimate of drug-likeness (QED) is 0.464. The van der Waals surface area contributed by atoms with Gasteiger partial charge in [0.1, 0.15) is 6.10 Å². The van der Waals surface area contributed by atoms with Crippen molar-refractivity contribution in [2.24, 2.45) is 5.41 Å². The van der Waals surface area contributed by atoms with E-state index in [2.05, 4.69) is 15.9 Å². The average Bonchev–Trinajstić information content (AvgIpc) is 2.48. The Morgan fingerprint density at radius 2 is 1.95 bits per heavy atom. The van der Waals surface area contributed by atoms with Crippen molar-refractivity contribution in [3.05, 3.63) is 34.4 Å². The monoisotopic (exact) mass is 339 g/mol. The zero-order valence-corrected chi connectivity index (χ0v) is 12.8. The predicted octanol–water partition coefficient (Wildman–Crippen LogP) is 4.46. The normalized spacial score (nSPS) is 27.9. The Kier molecular flexibility index (Phi) is 3.71. The maximum atomic E-state index is 11.1. The number of hydrogen-bond donors (Lipinski definition) is 0. The molecule has 0 heterocycles. The number of para-hydroxylation sites is 2. The molecule has 0 bridgehead atoms. The summed E-state index contributed by atoms with van der Waals surface area (Å²) >= 11 is 3.77. The maximum absolute atomic E-state index is 11.1. The van der Waals surface area contributed by atoms with Gasteiger partial charge in [-0.2, -0.15) is 0 Å². The van der Waals surface area contributed by atoms with Crippen LogP contribution in [0.4, 0.5) is 5.69 Å². The van der Waals surface area contributed by atoms with E-state index in [0.717, 1.165) is 19.3 Å². The molecule has 2 fully saturated rings. The molecule has 5 heteroatoms. The standard InChI is InChI=1S/C15H18BrNO3/c16-13-10-14(15(13)8-4-1-5-9-15)20-12-7-3-2-6-11(12)17(18)19/h2-3,6-7,13-14H,1,4-5,8-10H2. The van der Waals surface area contributed by atoms with Crippen LogP contribution in [0.15, 0.2) is 24.3 Å². The molecule has 2 aliphatic carbocycles. The topological polar surface area (TPSA) is 52.4 Å².